The summed E-state index contributed by atoms with van der Waals surface area (Å²) in [4.78, 5) is 0. The largest absolute Gasteiger partial charge is 0.416 e. The summed E-state index contributed by atoms with van der Waals surface area (Å²) in [6, 6.07) is 4.29. The first kappa shape index (κ1) is 14.8. The third-order valence-corrected chi connectivity index (χ3v) is 2.77. The van der Waals surface area contributed by atoms with E-state index in [4.69, 9.17) is 4.74 Å². The molecule has 0 saturated carbocycles. The van der Waals surface area contributed by atoms with Crippen molar-refractivity contribution in [2.45, 2.75) is 32.5 Å². The van der Waals surface area contributed by atoms with Gasteiger partial charge in [-0.15, -0.1) is 0 Å². The lowest BCUT2D eigenvalue weighted by Gasteiger charge is -2.19. The Labute approximate surface area is 105 Å². The molecule has 0 saturated heterocycles. The first-order valence-corrected chi connectivity index (χ1v) is 5.81. The maximum absolute atomic E-state index is 12.7. The average Bonchev–Trinajstić information content (AvgIpc) is 2.29. The minimum atomic E-state index is -4.31. The number of hydrogen-bond donors (Lipinski definition) is 1. The first-order chi connectivity index (χ1) is 8.38. The molecule has 0 bridgehead atoms. The second-order valence-electron chi connectivity index (χ2n) is 4.23. The van der Waals surface area contributed by atoms with Gasteiger partial charge in [-0.25, -0.2) is 0 Å². The fourth-order valence-electron chi connectivity index (χ4n) is 1.72. The molecule has 0 fully saturated rings. The molecular formula is C13H18F3NO. The summed E-state index contributed by atoms with van der Waals surface area (Å²) < 4.78 is 43.2. The third kappa shape index (κ3) is 3.91. The summed E-state index contributed by atoms with van der Waals surface area (Å²) in [5, 5.41) is 3.04. The predicted octanol–water partition coefficient (Wildman–Crippen LogP) is 3.85. The highest BCUT2D eigenvalue weighted by atomic mass is 19.4. The molecule has 0 aliphatic carbocycles. The smallest absolute Gasteiger partial charge is 0.383 e. The van der Waals surface area contributed by atoms with Crippen LogP contribution in [0.3, 0.4) is 0 Å². The lowest BCUT2D eigenvalue weighted by atomic mass is 10.1. The Kier molecular flexibility index (Phi) is 5.02. The van der Waals surface area contributed by atoms with E-state index in [1.54, 1.807) is 13.2 Å². The van der Waals surface area contributed by atoms with Crippen LogP contribution in [0.15, 0.2) is 18.2 Å². The van der Waals surface area contributed by atoms with Crippen molar-refractivity contribution in [2.75, 3.05) is 19.0 Å². The molecule has 1 rings (SSSR count). The van der Waals surface area contributed by atoms with E-state index in [1.807, 2.05) is 6.92 Å². The summed E-state index contributed by atoms with van der Waals surface area (Å²) in [5.74, 6) is 0. The second-order valence-corrected chi connectivity index (χ2v) is 4.23. The van der Waals surface area contributed by atoms with Crippen LogP contribution in [0.25, 0.3) is 0 Å². The number of ether oxygens (including phenoxy) is 1. The summed E-state index contributed by atoms with van der Waals surface area (Å²) in [6.07, 6.45) is -3.53. The minimum Gasteiger partial charge on any atom is -0.383 e. The fraction of sp³-hybridized carbons (Fsp3) is 0.538. The van der Waals surface area contributed by atoms with E-state index in [-0.39, 0.29) is 11.6 Å². The van der Waals surface area contributed by atoms with Gasteiger partial charge in [0.1, 0.15) is 0 Å². The molecule has 5 heteroatoms. The van der Waals surface area contributed by atoms with Crippen LogP contribution < -0.4 is 5.32 Å². The van der Waals surface area contributed by atoms with Crippen molar-refractivity contribution in [1.82, 2.24) is 0 Å². The zero-order valence-corrected chi connectivity index (χ0v) is 10.8. The summed E-state index contributed by atoms with van der Waals surface area (Å²) in [6.45, 7) is 3.88. The molecule has 1 aromatic carbocycles. The molecule has 0 aliphatic heterocycles. The van der Waals surface area contributed by atoms with Gasteiger partial charge in [0.25, 0.3) is 0 Å². The van der Waals surface area contributed by atoms with Gasteiger partial charge in [-0.3, -0.25) is 0 Å². The average molecular weight is 261 g/mol. The van der Waals surface area contributed by atoms with Crippen LogP contribution in [0.2, 0.25) is 0 Å². The van der Waals surface area contributed by atoms with Gasteiger partial charge in [0.15, 0.2) is 0 Å². The highest BCUT2D eigenvalue weighted by Gasteiger charge is 2.32. The van der Waals surface area contributed by atoms with Gasteiger partial charge < -0.3 is 10.1 Å². The van der Waals surface area contributed by atoms with Crippen molar-refractivity contribution in [3.63, 3.8) is 0 Å². The van der Waals surface area contributed by atoms with Crippen LogP contribution in [0.5, 0.6) is 0 Å². The van der Waals surface area contributed by atoms with Crippen molar-refractivity contribution in [1.29, 1.82) is 0 Å². The molecule has 18 heavy (non-hydrogen) atoms. The topological polar surface area (TPSA) is 21.3 Å². The normalized spacial score (nSPS) is 13.4. The Hall–Kier alpha value is -1.23. The molecule has 0 radical (unpaired) electrons. The minimum absolute atomic E-state index is 0.0128. The van der Waals surface area contributed by atoms with E-state index < -0.39 is 11.7 Å². The van der Waals surface area contributed by atoms with Gasteiger partial charge in [0.05, 0.1) is 12.2 Å². The molecular weight excluding hydrogens is 243 g/mol. The van der Waals surface area contributed by atoms with Crippen molar-refractivity contribution >= 4 is 5.69 Å². The molecule has 0 aromatic heterocycles. The Morgan fingerprint density at radius 1 is 1.33 bits per heavy atom. The van der Waals surface area contributed by atoms with Crippen LogP contribution >= 0.6 is 0 Å². The van der Waals surface area contributed by atoms with Gasteiger partial charge in [0.2, 0.25) is 0 Å². The number of anilines is 1. The Morgan fingerprint density at radius 3 is 2.50 bits per heavy atom. The predicted molar refractivity (Wildman–Crippen MR) is 65.8 cm³/mol. The maximum Gasteiger partial charge on any atom is 0.416 e. The number of hydrogen-bond acceptors (Lipinski definition) is 2. The van der Waals surface area contributed by atoms with Crippen molar-refractivity contribution < 1.29 is 17.9 Å². The van der Waals surface area contributed by atoms with Gasteiger partial charge in [-0.1, -0.05) is 13.0 Å². The molecule has 0 spiro atoms. The number of halogens is 3. The van der Waals surface area contributed by atoms with Crippen molar-refractivity contribution in [3.8, 4) is 0 Å². The SMILES string of the molecule is CCC(COC)Nc1ccc(C)c(C(F)(F)F)c1. The molecule has 1 aromatic rings. The monoisotopic (exact) mass is 261 g/mol. The number of rotatable bonds is 5. The van der Waals surface area contributed by atoms with Crippen LogP contribution in [0.4, 0.5) is 18.9 Å². The number of aryl methyl sites for hydroxylation is 1. The molecule has 102 valence electrons. The highest BCUT2D eigenvalue weighted by molar-refractivity contribution is 5.50. The lowest BCUT2D eigenvalue weighted by Crippen LogP contribution is -2.24. The quantitative estimate of drug-likeness (QED) is 0.869. The second kappa shape index (κ2) is 6.09. The Bertz CT molecular complexity index is 390. The van der Waals surface area contributed by atoms with Crippen LogP contribution in [0, 0.1) is 6.92 Å². The number of benzene rings is 1. The molecule has 0 aliphatic rings. The van der Waals surface area contributed by atoms with E-state index >= 15 is 0 Å². The Balaban J connectivity index is 2.91. The Morgan fingerprint density at radius 2 is 2.00 bits per heavy atom. The van der Waals surface area contributed by atoms with Crippen LogP contribution in [-0.2, 0) is 10.9 Å². The van der Waals surface area contributed by atoms with E-state index in [2.05, 4.69) is 5.32 Å². The van der Waals surface area contributed by atoms with Crippen LogP contribution in [-0.4, -0.2) is 19.8 Å². The highest BCUT2D eigenvalue weighted by Crippen LogP contribution is 2.33. The first-order valence-electron chi connectivity index (χ1n) is 5.81. The zero-order valence-electron chi connectivity index (χ0n) is 10.8. The van der Waals surface area contributed by atoms with Gasteiger partial charge in [-0.05, 0) is 31.0 Å². The molecule has 1 unspecified atom stereocenters. The lowest BCUT2D eigenvalue weighted by molar-refractivity contribution is -0.138. The van der Waals surface area contributed by atoms with E-state index in [0.717, 1.165) is 12.5 Å². The zero-order chi connectivity index (χ0) is 13.8. The summed E-state index contributed by atoms with van der Waals surface area (Å²) in [5.41, 5.74) is 0.101. The standard InChI is InChI=1S/C13H18F3NO/c1-4-10(8-18-3)17-11-6-5-9(2)12(7-11)13(14,15)16/h5-7,10,17H,4,8H2,1-3H3. The van der Waals surface area contributed by atoms with Crippen molar-refractivity contribution in [3.05, 3.63) is 29.3 Å². The van der Waals surface area contributed by atoms with Gasteiger partial charge >= 0.3 is 6.18 Å². The molecule has 1 N–H and O–H groups in total. The number of methoxy groups -OCH3 is 1. The molecule has 1 atom stereocenters. The molecule has 0 amide bonds. The van der Waals surface area contributed by atoms with Crippen molar-refractivity contribution in [2.24, 2.45) is 0 Å². The summed E-state index contributed by atoms with van der Waals surface area (Å²) in [7, 11) is 1.57. The fourth-order valence-corrected chi connectivity index (χ4v) is 1.72. The van der Waals surface area contributed by atoms with Gasteiger partial charge in [-0.2, -0.15) is 13.2 Å². The van der Waals surface area contributed by atoms with Gasteiger partial charge in [0, 0.05) is 18.8 Å². The number of alkyl halides is 3. The number of nitrogens with one attached hydrogen (secondary N) is 1. The third-order valence-electron chi connectivity index (χ3n) is 2.77. The molecule has 0 heterocycles. The van der Waals surface area contributed by atoms with E-state index in [0.29, 0.717) is 12.3 Å². The maximum atomic E-state index is 12.7. The van der Waals surface area contributed by atoms with E-state index in [1.165, 1.54) is 13.0 Å². The summed E-state index contributed by atoms with van der Waals surface area (Å²) >= 11 is 0. The molecule has 2 nitrogen and oxygen atoms in total. The van der Waals surface area contributed by atoms with Crippen LogP contribution in [0.1, 0.15) is 24.5 Å². The van der Waals surface area contributed by atoms with E-state index in [9.17, 15) is 13.2 Å².